The minimum Gasteiger partial charge on any atom is -0.497 e. The molecule has 1 N–H and O–H groups in total. The van der Waals surface area contributed by atoms with Gasteiger partial charge in [-0.1, -0.05) is 12.1 Å². The predicted molar refractivity (Wildman–Crippen MR) is 84.8 cm³/mol. The molecule has 0 saturated carbocycles. The summed E-state index contributed by atoms with van der Waals surface area (Å²) in [7, 11) is 1.57. The maximum atomic E-state index is 12.1. The summed E-state index contributed by atoms with van der Waals surface area (Å²) in [6.07, 6.45) is 0.311. The zero-order valence-electron chi connectivity index (χ0n) is 12.3. The lowest BCUT2D eigenvalue weighted by Crippen LogP contribution is -2.15. The van der Waals surface area contributed by atoms with E-state index in [-0.39, 0.29) is 11.2 Å². The molecule has 0 fully saturated rings. The van der Waals surface area contributed by atoms with Gasteiger partial charge in [0.05, 0.1) is 23.1 Å². The second kappa shape index (κ2) is 5.88. The molecule has 0 aliphatic carbocycles. The predicted octanol–water partition coefficient (Wildman–Crippen LogP) is 2.43. The van der Waals surface area contributed by atoms with Gasteiger partial charge in [0.1, 0.15) is 11.4 Å². The number of aromatic nitrogens is 2. The van der Waals surface area contributed by atoms with E-state index in [2.05, 4.69) is 9.97 Å². The minimum absolute atomic E-state index is 0.0654. The lowest BCUT2D eigenvalue weighted by Gasteiger charge is -2.05. The number of ether oxygens (including phenoxy) is 1. The first kappa shape index (κ1) is 14.7. The van der Waals surface area contributed by atoms with Crippen LogP contribution >= 0.6 is 0 Å². The van der Waals surface area contributed by atoms with Crippen LogP contribution in [0.5, 0.6) is 5.75 Å². The largest absolute Gasteiger partial charge is 0.497 e. The standard InChI is InChI=1S/C16H13N3O4/c1-23-12-4-2-3-10(7-12)8-15-16(20)18-13-6-5-11(19(21)22)9-14(13)17-15/h2-7,9H,8H2,1H3,(H,18,20). The number of nitro benzene ring substituents is 1. The summed E-state index contributed by atoms with van der Waals surface area (Å²) in [4.78, 5) is 29.5. The van der Waals surface area contributed by atoms with Crippen LogP contribution in [0.1, 0.15) is 11.3 Å². The summed E-state index contributed by atoms with van der Waals surface area (Å²) in [5.41, 5.74) is 1.64. The van der Waals surface area contributed by atoms with Crippen molar-refractivity contribution >= 4 is 16.7 Å². The molecule has 0 atom stereocenters. The first-order chi connectivity index (χ1) is 11.1. The van der Waals surface area contributed by atoms with Crippen molar-refractivity contribution in [3.8, 4) is 5.75 Å². The van der Waals surface area contributed by atoms with E-state index in [1.807, 2.05) is 24.3 Å². The Morgan fingerprint density at radius 2 is 2.09 bits per heavy atom. The van der Waals surface area contributed by atoms with Crippen LogP contribution in [0, 0.1) is 10.1 Å². The summed E-state index contributed by atoms with van der Waals surface area (Å²) in [6.45, 7) is 0. The third-order valence-electron chi connectivity index (χ3n) is 3.46. The number of methoxy groups -OCH3 is 1. The van der Waals surface area contributed by atoms with E-state index < -0.39 is 4.92 Å². The molecule has 7 heteroatoms. The summed E-state index contributed by atoms with van der Waals surface area (Å²) >= 11 is 0. The minimum atomic E-state index is -0.492. The van der Waals surface area contributed by atoms with Gasteiger partial charge in [-0.2, -0.15) is 0 Å². The monoisotopic (exact) mass is 311 g/mol. The Morgan fingerprint density at radius 3 is 2.83 bits per heavy atom. The average molecular weight is 311 g/mol. The molecular weight excluding hydrogens is 298 g/mol. The average Bonchev–Trinajstić information content (AvgIpc) is 2.55. The molecule has 0 aliphatic heterocycles. The number of nitro groups is 1. The van der Waals surface area contributed by atoms with Gasteiger partial charge in [0, 0.05) is 18.6 Å². The highest BCUT2D eigenvalue weighted by molar-refractivity contribution is 5.76. The summed E-state index contributed by atoms with van der Waals surface area (Å²) in [5.74, 6) is 0.690. The van der Waals surface area contributed by atoms with Crippen molar-refractivity contribution in [2.75, 3.05) is 7.11 Å². The summed E-state index contributed by atoms with van der Waals surface area (Å²) in [5, 5.41) is 10.8. The first-order valence-corrected chi connectivity index (χ1v) is 6.87. The molecule has 0 aliphatic rings. The van der Waals surface area contributed by atoms with Crippen molar-refractivity contribution in [3.63, 3.8) is 0 Å². The van der Waals surface area contributed by atoms with Crippen LogP contribution in [-0.4, -0.2) is 22.0 Å². The lowest BCUT2D eigenvalue weighted by atomic mass is 10.1. The number of non-ortho nitro benzene ring substituents is 1. The maximum Gasteiger partial charge on any atom is 0.271 e. The Morgan fingerprint density at radius 1 is 1.26 bits per heavy atom. The van der Waals surface area contributed by atoms with Crippen molar-refractivity contribution in [2.24, 2.45) is 0 Å². The second-order valence-electron chi connectivity index (χ2n) is 5.00. The van der Waals surface area contributed by atoms with Gasteiger partial charge in [-0.3, -0.25) is 14.9 Å². The van der Waals surface area contributed by atoms with Crippen LogP contribution in [0.25, 0.3) is 11.0 Å². The van der Waals surface area contributed by atoms with E-state index in [4.69, 9.17) is 4.74 Å². The van der Waals surface area contributed by atoms with Gasteiger partial charge in [-0.25, -0.2) is 4.98 Å². The van der Waals surface area contributed by atoms with Gasteiger partial charge in [0.25, 0.3) is 11.2 Å². The van der Waals surface area contributed by atoms with E-state index in [9.17, 15) is 14.9 Å². The van der Waals surface area contributed by atoms with Gasteiger partial charge in [-0.15, -0.1) is 0 Å². The fourth-order valence-electron chi connectivity index (χ4n) is 2.32. The number of hydrogen-bond donors (Lipinski definition) is 1. The maximum absolute atomic E-state index is 12.1. The van der Waals surface area contributed by atoms with Gasteiger partial charge in [0.15, 0.2) is 0 Å². The van der Waals surface area contributed by atoms with Crippen molar-refractivity contribution in [2.45, 2.75) is 6.42 Å². The van der Waals surface area contributed by atoms with Gasteiger partial charge in [-0.05, 0) is 23.8 Å². The third kappa shape index (κ3) is 3.03. The molecule has 7 nitrogen and oxygen atoms in total. The quantitative estimate of drug-likeness (QED) is 0.589. The van der Waals surface area contributed by atoms with Gasteiger partial charge in [0.2, 0.25) is 0 Å². The Labute approximate surface area is 130 Å². The molecule has 0 bridgehead atoms. The number of rotatable bonds is 4. The molecule has 0 saturated heterocycles. The first-order valence-electron chi connectivity index (χ1n) is 6.87. The van der Waals surface area contributed by atoms with Gasteiger partial charge >= 0.3 is 0 Å². The Bertz CT molecular complexity index is 949. The number of nitrogens with zero attached hydrogens (tertiary/aromatic N) is 2. The normalized spacial score (nSPS) is 10.7. The zero-order chi connectivity index (χ0) is 16.4. The number of hydrogen-bond acceptors (Lipinski definition) is 5. The smallest absolute Gasteiger partial charge is 0.271 e. The number of fused-ring (bicyclic) bond motifs is 1. The van der Waals surface area contributed by atoms with Crippen molar-refractivity contribution in [3.05, 3.63) is 74.2 Å². The highest BCUT2D eigenvalue weighted by atomic mass is 16.6. The number of aromatic amines is 1. The Balaban J connectivity index is 2.04. The van der Waals surface area contributed by atoms with Crippen molar-refractivity contribution in [1.82, 2.24) is 9.97 Å². The molecule has 0 amide bonds. The van der Waals surface area contributed by atoms with Crippen molar-refractivity contribution < 1.29 is 9.66 Å². The fourth-order valence-corrected chi connectivity index (χ4v) is 2.32. The topological polar surface area (TPSA) is 98.1 Å². The van der Waals surface area contributed by atoms with E-state index in [1.165, 1.54) is 18.2 Å². The summed E-state index contributed by atoms with van der Waals surface area (Å²) in [6, 6.07) is 11.5. The van der Waals surface area contributed by atoms with Crippen LogP contribution in [0.3, 0.4) is 0 Å². The van der Waals surface area contributed by atoms with Crippen LogP contribution in [0.15, 0.2) is 47.3 Å². The number of H-pyrrole nitrogens is 1. The molecular formula is C16H13N3O4. The molecule has 3 aromatic rings. The molecule has 1 aromatic heterocycles. The molecule has 0 radical (unpaired) electrons. The summed E-state index contributed by atoms with van der Waals surface area (Å²) < 4.78 is 5.15. The van der Waals surface area contributed by atoms with E-state index >= 15 is 0 Å². The molecule has 0 unspecified atom stereocenters. The van der Waals surface area contributed by atoms with E-state index in [0.29, 0.717) is 28.9 Å². The highest BCUT2D eigenvalue weighted by Gasteiger charge is 2.11. The Hall–Kier alpha value is -3.22. The molecule has 116 valence electrons. The molecule has 3 rings (SSSR count). The SMILES string of the molecule is COc1cccc(Cc2nc3cc([N+](=O)[O-])ccc3[nH]c2=O)c1. The zero-order valence-corrected chi connectivity index (χ0v) is 12.3. The van der Waals surface area contributed by atoms with E-state index in [0.717, 1.165) is 5.56 Å². The van der Waals surface area contributed by atoms with Crippen LogP contribution in [0.2, 0.25) is 0 Å². The highest BCUT2D eigenvalue weighted by Crippen LogP contribution is 2.18. The molecule has 23 heavy (non-hydrogen) atoms. The van der Waals surface area contributed by atoms with Crippen LogP contribution in [0.4, 0.5) is 5.69 Å². The number of nitrogens with one attached hydrogen (secondary N) is 1. The fraction of sp³-hybridized carbons (Fsp3) is 0.125. The van der Waals surface area contributed by atoms with Crippen LogP contribution in [-0.2, 0) is 6.42 Å². The number of benzene rings is 2. The third-order valence-corrected chi connectivity index (χ3v) is 3.46. The molecule has 1 heterocycles. The molecule has 0 spiro atoms. The molecule has 2 aromatic carbocycles. The van der Waals surface area contributed by atoms with E-state index in [1.54, 1.807) is 7.11 Å². The van der Waals surface area contributed by atoms with Gasteiger partial charge < -0.3 is 9.72 Å². The lowest BCUT2D eigenvalue weighted by molar-refractivity contribution is -0.384. The second-order valence-corrected chi connectivity index (χ2v) is 5.00. The Kier molecular flexibility index (Phi) is 3.76. The van der Waals surface area contributed by atoms with Crippen molar-refractivity contribution in [1.29, 1.82) is 0 Å². The van der Waals surface area contributed by atoms with Crippen LogP contribution < -0.4 is 10.3 Å².